The molecule has 0 spiro atoms. The predicted molar refractivity (Wildman–Crippen MR) is 83.4 cm³/mol. The van der Waals surface area contributed by atoms with Gasteiger partial charge in [-0.25, -0.2) is 4.79 Å². The summed E-state index contributed by atoms with van der Waals surface area (Å²) in [5, 5.41) is 11.8. The van der Waals surface area contributed by atoms with Gasteiger partial charge in [-0.05, 0) is 30.3 Å². The van der Waals surface area contributed by atoms with Crippen molar-refractivity contribution < 1.29 is 24.2 Å². The molecule has 2 aromatic carbocycles. The highest BCUT2D eigenvalue weighted by molar-refractivity contribution is 6.33. The number of hydrogen-bond donors (Lipinski definition) is 2. The fourth-order valence-corrected chi connectivity index (χ4v) is 2.28. The van der Waals surface area contributed by atoms with Gasteiger partial charge in [0.05, 0.1) is 16.3 Å². The minimum absolute atomic E-state index is 0.0239. The van der Waals surface area contributed by atoms with E-state index in [-0.39, 0.29) is 22.9 Å². The number of carbonyl (C=O) groups excluding carboxylic acids is 1. The van der Waals surface area contributed by atoms with E-state index < -0.39 is 18.0 Å². The van der Waals surface area contributed by atoms with Crippen LogP contribution in [0.1, 0.15) is 10.4 Å². The second-order valence-electron chi connectivity index (χ2n) is 4.85. The third-order valence-corrected chi connectivity index (χ3v) is 3.60. The number of fused-ring (bicyclic) bond motifs is 1. The Balaban J connectivity index is 1.75. The standard InChI is InChI=1S/C16H12ClNO5/c17-10-6-5-9(16(20)21)7-11(10)18-15(19)14-8-22-12-3-1-2-4-13(12)23-14/h1-7,14H,8H2,(H,18,19)(H,20,21)/t14-/m1/s1. The molecule has 0 aliphatic carbocycles. The fraction of sp³-hybridized carbons (Fsp3) is 0.125. The molecule has 0 aromatic heterocycles. The largest absolute Gasteiger partial charge is 0.485 e. The normalized spacial score (nSPS) is 15.8. The number of para-hydroxylation sites is 2. The van der Waals surface area contributed by atoms with Crippen LogP contribution in [0.4, 0.5) is 5.69 Å². The summed E-state index contributed by atoms with van der Waals surface area (Å²) in [5.41, 5.74) is 0.231. The summed E-state index contributed by atoms with van der Waals surface area (Å²) in [5.74, 6) is -0.529. The van der Waals surface area contributed by atoms with Gasteiger partial charge in [0, 0.05) is 0 Å². The lowest BCUT2D eigenvalue weighted by Crippen LogP contribution is -2.40. The van der Waals surface area contributed by atoms with Gasteiger partial charge in [-0.1, -0.05) is 23.7 Å². The SMILES string of the molecule is O=C(O)c1ccc(Cl)c(NC(=O)[C@H]2COc3ccccc3O2)c1. The smallest absolute Gasteiger partial charge is 0.335 e. The summed E-state index contributed by atoms with van der Waals surface area (Å²) in [6, 6.07) is 11.1. The first-order valence-corrected chi connectivity index (χ1v) is 7.14. The zero-order valence-electron chi connectivity index (χ0n) is 11.8. The van der Waals surface area contributed by atoms with Gasteiger partial charge in [-0.2, -0.15) is 0 Å². The zero-order chi connectivity index (χ0) is 16.4. The Labute approximate surface area is 136 Å². The Bertz CT molecular complexity index is 777. The molecule has 0 saturated carbocycles. The van der Waals surface area contributed by atoms with Crippen LogP contribution in [0.3, 0.4) is 0 Å². The number of carbonyl (C=O) groups is 2. The van der Waals surface area contributed by atoms with Gasteiger partial charge in [-0.15, -0.1) is 0 Å². The molecule has 0 bridgehead atoms. The minimum atomic E-state index is -1.11. The fourth-order valence-electron chi connectivity index (χ4n) is 2.12. The van der Waals surface area contributed by atoms with Crippen molar-refractivity contribution in [1.29, 1.82) is 0 Å². The van der Waals surface area contributed by atoms with Gasteiger partial charge in [-0.3, -0.25) is 4.79 Å². The lowest BCUT2D eigenvalue weighted by Gasteiger charge is -2.25. The van der Waals surface area contributed by atoms with Crippen molar-refractivity contribution in [2.24, 2.45) is 0 Å². The van der Waals surface area contributed by atoms with Crippen molar-refractivity contribution in [3.63, 3.8) is 0 Å². The Hall–Kier alpha value is -2.73. The third-order valence-electron chi connectivity index (χ3n) is 3.27. The number of nitrogens with one attached hydrogen (secondary N) is 1. The second kappa shape index (κ2) is 6.18. The van der Waals surface area contributed by atoms with Gasteiger partial charge in [0.15, 0.2) is 11.5 Å². The number of rotatable bonds is 3. The van der Waals surface area contributed by atoms with Gasteiger partial charge < -0.3 is 19.9 Å². The summed E-state index contributed by atoms with van der Waals surface area (Å²) >= 11 is 5.99. The van der Waals surface area contributed by atoms with Crippen LogP contribution < -0.4 is 14.8 Å². The molecule has 0 unspecified atom stereocenters. The van der Waals surface area contributed by atoms with Gasteiger partial charge in [0.25, 0.3) is 5.91 Å². The molecule has 1 aliphatic heterocycles. The van der Waals surface area contributed by atoms with Crippen LogP contribution in [0.2, 0.25) is 5.02 Å². The molecule has 0 radical (unpaired) electrons. The van der Waals surface area contributed by atoms with E-state index in [2.05, 4.69) is 5.32 Å². The maximum atomic E-state index is 12.3. The van der Waals surface area contributed by atoms with E-state index in [0.717, 1.165) is 0 Å². The van der Waals surface area contributed by atoms with Crippen LogP contribution >= 0.6 is 11.6 Å². The molecular formula is C16H12ClNO5. The Kier molecular flexibility index (Phi) is 4.08. The van der Waals surface area contributed by atoms with Crippen LogP contribution in [-0.4, -0.2) is 29.7 Å². The molecule has 2 N–H and O–H groups in total. The predicted octanol–water partition coefficient (Wildman–Crippen LogP) is 2.82. The van der Waals surface area contributed by atoms with Crippen molar-refractivity contribution in [3.8, 4) is 11.5 Å². The molecule has 118 valence electrons. The second-order valence-corrected chi connectivity index (χ2v) is 5.26. The van der Waals surface area contributed by atoms with E-state index >= 15 is 0 Å². The van der Waals surface area contributed by atoms with Gasteiger partial charge in [0.1, 0.15) is 6.61 Å². The van der Waals surface area contributed by atoms with E-state index in [9.17, 15) is 9.59 Å². The van der Waals surface area contributed by atoms with Crippen molar-refractivity contribution >= 4 is 29.2 Å². The van der Waals surface area contributed by atoms with E-state index in [1.165, 1.54) is 18.2 Å². The number of hydrogen-bond acceptors (Lipinski definition) is 4. The number of halogens is 1. The first kappa shape index (κ1) is 15.2. The third kappa shape index (κ3) is 3.22. The maximum Gasteiger partial charge on any atom is 0.335 e. The first-order valence-electron chi connectivity index (χ1n) is 6.77. The summed E-state index contributed by atoms with van der Waals surface area (Å²) in [4.78, 5) is 23.3. The van der Waals surface area contributed by atoms with Crippen molar-refractivity contribution in [2.75, 3.05) is 11.9 Å². The van der Waals surface area contributed by atoms with Crippen molar-refractivity contribution in [2.45, 2.75) is 6.10 Å². The highest BCUT2D eigenvalue weighted by Gasteiger charge is 2.27. The lowest BCUT2D eigenvalue weighted by atomic mass is 10.2. The van der Waals surface area contributed by atoms with Gasteiger partial charge >= 0.3 is 5.97 Å². The lowest BCUT2D eigenvalue weighted by molar-refractivity contribution is -0.125. The van der Waals surface area contributed by atoms with Gasteiger partial charge in [0.2, 0.25) is 6.10 Å². The average Bonchev–Trinajstić information content (AvgIpc) is 2.56. The quantitative estimate of drug-likeness (QED) is 0.902. The summed E-state index contributed by atoms with van der Waals surface area (Å²) in [7, 11) is 0. The summed E-state index contributed by atoms with van der Waals surface area (Å²) in [6.07, 6.45) is -0.852. The molecular weight excluding hydrogens is 322 g/mol. The number of ether oxygens (including phenoxy) is 2. The zero-order valence-corrected chi connectivity index (χ0v) is 12.5. The molecule has 23 heavy (non-hydrogen) atoms. The molecule has 1 amide bonds. The molecule has 0 saturated heterocycles. The number of aromatic carboxylic acids is 1. The molecule has 1 heterocycles. The molecule has 6 nitrogen and oxygen atoms in total. The molecule has 3 rings (SSSR count). The summed E-state index contributed by atoms with van der Waals surface area (Å²) in [6.45, 7) is 0.0546. The number of anilines is 1. The first-order chi connectivity index (χ1) is 11.0. The number of carboxylic acid groups (broad SMARTS) is 1. The highest BCUT2D eigenvalue weighted by Crippen LogP contribution is 2.31. The van der Waals surface area contributed by atoms with E-state index in [0.29, 0.717) is 11.5 Å². The Morgan fingerprint density at radius 3 is 2.65 bits per heavy atom. The Morgan fingerprint density at radius 2 is 1.91 bits per heavy atom. The van der Waals surface area contributed by atoms with Crippen molar-refractivity contribution in [1.82, 2.24) is 0 Å². The van der Waals surface area contributed by atoms with E-state index in [1.54, 1.807) is 24.3 Å². The van der Waals surface area contributed by atoms with Crippen LogP contribution in [0.15, 0.2) is 42.5 Å². The van der Waals surface area contributed by atoms with Crippen LogP contribution in [-0.2, 0) is 4.79 Å². The maximum absolute atomic E-state index is 12.3. The average molecular weight is 334 g/mol. The monoisotopic (exact) mass is 333 g/mol. The van der Waals surface area contributed by atoms with E-state index in [4.69, 9.17) is 26.2 Å². The topological polar surface area (TPSA) is 84.9 Å². The molecule has 1 atom stereocenters. The number of carboxylic acids is 1. The highest BCUT2D eigenvalue weighted by atomic mass is 35.5. The Morgan fingerprint density at radius 1 is 1.17 bits per heavy atom. The van der Waals surface area contributed by atoms with Crippen LogP contribution in [0.5, 0.6) is 11.5 Å². The van der Waals surface area contributed by atoms with Crippen molar-refractivity contribution in [3.05, 3.63) is 53.1 Å². The molecule has 7 heteroatoms. The number of benzene rings is 2. The van der Waals surface area contributed by atoms with E-state index in [1.807, 2.05) is 0 Å². The molecule has 1 aliphatic rings. The summed E-state index contributed by atoms with van der Waals surface area (Å²) < 4.78 is 11.1. The molecule has 0 fully saturated rings. The van der Waals surface area contributed by atoms with Crippen LogP contribution in [0, 0.1) is 0 Å². The van der Waals surface area contributed by atoms with Crippen LogP contribution in [0.25, 0.3) is 0 Å². The minimum Gasteiger partial charge on any atom is -0.485 e. The molecule has 2 aromatic rings. The number of amides is 1.